The molecule has 6 nitrogen and oxygen atoms in total. The van der Waals surface area contributed by atoms with E-state index < -0.39 is 5.97 Å². The van der Waals surface area contributed by atoms with Crippen LogP contribution in [0.15, 0.2) is 40.8 Å². The highest BCUT2D eigenvalue weighted by Crippen LogP contribution is 2.25. The fourth-order valence-electron chi connectivity index (χ4n) is 3.17. The Morgan fingerprint density at radius 2 is 2.15 bits per heavy atom. The third-order valence-electron chi connectivity index (χ3n) is 4.32. The molecule has 1 aromatic heterocycles. The van der Waals surface area contributed by atoms with E-state index in [1.807, 2.05) is 6.07 Å². The Bertz CT molecular complexity index is 749. The van der Waals surface area contributed by atoms with Gasteiger partial charge in [0.25, 0.3) is 0 Å². The van der Waals surface area contributed by atoms with E-state index in [1.165, 1.54) is 6.07 Å². The smallest absolute Gasteiger partial charge is 0.317 e. The second-order valence-corrected chi connectivity index (χ2v) is 6.56. The van der Waals surface area contributed by atoms with Gasteiger partial charge in [0.1, 0.15) is 17.3 Å². The lowest BCUT2D eigenvalue weighted by molar-refractivity contribution is -0.138. The van der Waals surface area contributed by atoms with E-state index in [4.69, 9.17) is 14.3 Å². The highest BCUT2D eigenvalue weighted by Gasteiger charge is 2.23. The molecule has 1 unspecified atom stereocenters. The molecule has 0 aliphatic carbocycles. The summed E-state index contributed by atoms with van der Waals surface area (Å²) in [6.45, 7) is 3.21. The second kappa shape index (κ2) is 8.44. The van der Waals surface area contributed by atoms with Crippen molar-refractivity contribution in [1.29, 1.82) is 0 Å². The van der Waals surface area contributed by atoms with Crippen LogP contribution in [-0.2, 0) is 16.1 Å². The maximum absolute atomic E-state index is 13.9. The first-order valence-electron chi connectivity index (χ1n) is 8.59. The summed E-state index contributed by atoms with van der Waals surface area (Å²) in [4.78, 5) is 14.7. The number of aliphatic carboxylic acids is 1. The van der Waals surface area contributed by atoms with E-state index in [9.17, 15) is 9.18 Å². The van der Waals surface area contributed by atoms with Crippen LogP contribution in [0.5, 0.6) is 0 Å². The maximum atomic E-state index is 13.9. The Morgan fingerprint density at radius 1 is 1.35 bits per heavy atom. The molecule has 2 heterocycles. The summed E-state index contributed by atoms with van der Waals surface area (Å²) in [5.41, 5.74) is 0.453. The molecule has 140 valence electrons. The minimum Gasteiger partial charge on any atom is -0.480 e. The molecule has 0 amide bonds. The van der Waals surface area contributed by atoms with Crippen LogP contribution in [0, 0.1) is 5.82 Å². The molecule has 1 saturated heterocycles. The van der Waals surface area contributed by atoms with Gasteiger partial charge in [0.05, 0.1) is 31.4 Å². The van der Waals surface area contributed by atoms with E-state index >= 15 is 0 Å². The summed E-state index contributed by atoms with van der Waals surface area (Å²) in [6, 6.07) is 10.2. The lowest BCUT2D eigenvalue weighted by atomic mass is 10.1. The first kappa shape index (κ1) is 18.6. The Kier molecular flexibility index (Phi) is 6.03. The lowest BCUT2D eigenvalue weighted by Crippen LogP contribution is -2.47. The third-order valence-corrected chi connectivity index (χ3v) is 4.32. The Labute approximate surface area is 151 Å². The van der Waals surface area contributed by atoms with E-state index in [1.54, 1.807) is 36.2 Å². The molecule has 1 atom stereocenters. The minimum atomic E-state index is -0.851. The van der Waals surface area contributed by atoms with Gasteiger partial charge in [-0.2, -0.15) is 0 Å². The van der Waals surface area contributed by atoms with Crippen molar-refractivity contribution in [2.45, 2.75) is 12.6 Å². The van der Waals surface area contributed by atoms with E-state index in [2.05, 4.69) is 4.90 Å². The number of hydrogen-bond donors (Lipinski definition) is 1. The predicted octanol–water partition coefficient (Wildman–Crippen LogP) is 2.30. The standard InChI is InChI=1S/C19H23FN2O4/c1-21(13-19(23)24)10-15-12-22(8-9-25-15)11-14-6-7-18(26-14)16-4-2-3-5-17(16)20/h2-7,15H,8-13H2,1H3,(H,23,24). The summed E-state index contributed by atoms with van der Waals surface area (Å²) < 4.78 is 25.4. The number of morpholine rings is 1. The molecule has 26 heavy (non-hydrogen) atoms. The van der Waals surface area contributed by atoms with Crippen molar-refractivity contribution in [1.82, 2.24) is 9.80 Å². The van der Waals surface area contributed by atoms with Crippen LogP contribution < -0.4 is 0 Å². The molecule has 1 aliphatic rings. The number of ether oxygens (including phenoxy) is 1. The van der Waals surface area contributed by atoms with Gasteiger partial charge in [-0.05, 0) is 31.3 Å². The zero-order valence-electron chi connectivity index (χ0n) is 14.7. The summed E-state index contributed by atoms with van der Waals surface area (Å²) in [5.74, 6) is 0.129. The summed E-state index contributed by atoms with van der Waals surface area (Å²) in [5, 5.41) is 8.84. The van der Waals surface area contributed by atoms with Gasteiger partial charge in [-0.3, -0.25) is 14.6 Å². The van der Waals surface area contributed by atoms with Gasteiger partial charge < -0.3 is 14.3 Å². The predicted molar refractivity (Wildman–Crippen MR) is 94.3 cm³/mol. The van der Waals surface area contributed by atoms with E-state index in [0.29, 0.717) is 37.6 Å². The number of furan rings is 1. The van der Waals surface area contributed by atoms with Gasteiger partial charge in [-0.15, -0.1) is 0 Å². The fraction of sp³-hybridized carbons (Fsp3) is 0.421. The molecule has 0 saturated carbocycles. The van der Waals surface area contributed by atoms with Crippen molar-refractivity contribution in [3.63, 3.8) is 0 Å². The summed E-state index contributed by atoms with van der Waals surface area (Å²) in [6.07, 6.45) is -0.0471. The molecule has 0 radical (unpaired) electrons. The minimum absolute atomic E-state index is 0.00988. The monoisotopic (exact) mass is 362 g/mol. The second-order valence-electron chi connectivity index (χ2n) is 6.56. The third kappa shape index (κ3) is 4.91. The van der Waals surface area contributed by atoms with Gasteiger partial charge in [-0.25, -0.2) is 4.39 Å². The number of hydrogen-bond acceptors (Lipinski definition) is 5. The number of benzene rings is 1. The molecule has 0 bridgehead atoms. The van der Waals surface area contributed by atoms with Crippen molar-refractivity contribution in [2.75, 3.05) is 39.8 Å². The number of rotatable bonds is 7. The van der Waals surface area contributed by atoms with Crippen molar-refractivity contribution >= 4 is 5.97 Å². The normalized spacial score (nSPS) is 18.3. The van der Waals surface area contributed by atoms with Crippen LogP contribution in [0.1, 0.15) is 5.76 Å². The molecule has 3 rings (SSSR count). The highest BCUT2D eigenvalue weighted by molar-refractivity contribution is 5.69. The quantitative estimate of drug-likeness (QED) is 0.815. The zero-order chi connectivity index (χ0) is 18.5. The van der Waals surface area contributed by atoms with Crippen LogP contribution in [0.2, 0.25) is 0 Å². The first-order valence-corrected chi connectivity index (χ1v) is 8.59. The largest absolute Gasteiger partial charge is 0.480 e. The average Bonchev–Trinajstić information content (AvgIpc) is 3.03. The molecule has 1 aromatic carbocycles. The average molecular weight is 362 g/mol. The molecule has 1 aliphatic heterocycles. The van der Waals surface area contributed by atoms with Gasteiger partial charge in [0.15, 0.2) is 0 Å². The van der Waals surface area contributed by atoms with Gasteiger partial charge in [0, 0.05) is 19.6 Å². The molecular weight excluding hydrogens is 339 g/mol. The van der Waals surface area contributed by atoms with Gasteiger partial charge >= 0.3 is 5.97 Å². The Hall–Kier alpha value is -2.22. The summed E-state index contributed by atoms with van der Waals surface area (Å²) in [7, 11) is 1.77. The van der Waals surface area contributed by atoms with Gasteiger partial charge in [0.2, 0.25) is 0 Å². The van der Waals surface area contributed by atoms with Crippen LogP contribution in [0.25, 0.3) is 11.3 Å². The van der Waals surface area contributed by atoms with Crippen molar-refractivity contribution < 1.29 is 23.4 Å². The first-order chi connectivity index (χ1) is 12.5. The number of carboxylic acids is 1. The molecule has 0 spiro atoms. The number of likely N-dealkylation sites (N-methyl/N-ethyl adjacent to an activating group) is 1. The van der Waals surface area contributed by atoms with E-state index in [0.717, 1.165) is 12.3 Å². The van der Waals surface area contributed by atoms with Crippen LogP contribution >= 0.6 is 0 Å². The number of carbonyl (C=O) groups is 1. The van der Waals surface area contributed by atoms with Crippen LogP contribution in [0.3, 0.4) is 0 Å². The van der Waals surface area contributed by atoms with E-state index in [-0.39, 0.29) is 18.5 Å². The molecule has 1 N–H and O–H groups in total. The highest BCUT2D eigenvalue weighted by atomic mass is 19.1. The van der Waals surface area contributed by atoms with Crippen LogP contribution in [-0.4, -0.2) is 66.8 Å². The molecule has 2 aromatic rings. The number of carboxylic acid groups (broad SMARTS) is 1. The SMILES string of the molecule is CN(CC(=O)O)CC1CN(Cc2ccc(-c3ccccc3F)o2)CCO1. The Balaban J connectivity index is 1.57. The fourth-order valence-corrected chi connectivity index (χ4v) is 3.17. The topological polar surface area (TPSA) is 66.2 Å². The van der Waals surface area contributed by atoms with Crippen molar-refractivity contribution in [2.24, 2.45) is 0 Å². The number of halogens is 1. The maximum Gasteiger partial charge on any atom is 0.317 e. The van der Waals surface area contributed by atoms with Crippen LogP contribution in [0.4, 0.5) is 4.39 Å². The molecule has 1 fully saturated rings. The summed E-state index contributed by atoms with van der Waals surface area (Å²) >= 11 is 0. The number of nitrogens with zero attached hydrogens (tertiary/aromatic N) is 2. The lowest BCUT2D eigenvalue weighted by Gasteiger charge is -2.34. The van der Waals surface area contributed by atoms with Crippen molar-refractivity contribution in [3.8, 4) is 11.3 Å². The molecular formula is C19H23FN2O4. The zero-order valence-corrected chi connectivity index (χ0v) is 14.7. The Morgan fingerprint density at radius 3 is 2.92 bits per heavy atom. The molecule has 7 heteroatoms. The van der Waals surface area contributed by atoms with Gasteiger partial charge in [-0.1, -0.05) is 12.1 Å². The van der Waals surface area contributed by atoms with Crippen molar-refractivity contribution in [3.05, 3.63) is 48.0 Å².